The minimum atomic E-state index is -0.798. The van der Waals surface area contributed by atoms with Crippen LogP contribution < -0.4 is 5.56 Å². The van der Waals surface area contributed by atoms with Gasteiger partial charge in [0.1, 0.15) is 5.82 Å². The predicted molar refractivity (Wildman–Crippen MR) is 96.6 cm³/mol. The third kappa shape index (κ3) is 5.73. The van der Waals surface area contributed by atoms with Gasteiger partial charge in [-0.15, -0.1) is 0 Å². The molecule has 0 aliphatic carbocycles. The van der Waals surface area contributed by atoms with E-state index in [1.807, 2.05) is 6.92 Å². The lowest BCUT2D eigenvalue weighted by Gasteiger charge is -2.17. The Morgan fingerprint density at radius 1 is 1.22 bits per heavy atom. The molecule has 144 valence electrons. The maximum Gasteiger partial charge on any atom is 0.359 e. The predicted octanol–water partition coefficient (Wildman–Crippen LogP) is 2.00. The van der Waals surface area contributed by atoms with E-state index in [-0.39, 0.29) is 17.8 Å². The molecule has 0 radical (unpaired) electrons. The van der Waals surface area contributed by atoms with Gasteiger partial charge in [-0.25, -0.2) is 13.9 Å². The van der Waals surface area contributed by atoms with E-state index >= 15 is 0 Å². The Labute approximate surface area is 156 Å². The molecule has 0 saturated carbocycles. The largest absolute Gasteiger partial charge is 0.451 e. The number of likely N-dealkylation sites (N-methyl/N-ethyl adjacent to an activating group) is 1. The number of rotatable bonds is 8. The molecule has 8 heteroatoms. The second-order valence-corrected chi connectivity index (χ2v) is 6.05. The third-order valence-electron chi connectivity index (χ3n) is 3.92. The highest BCUT2D eigenvalue weighted by molar-refractivity contribution is 5.89. The number of aromatic nitrogens is 2. The van der Waals surface area contributed by atoms with E-state index in [4.69, 9.17) is 4.74 Å². The fraction of sp³-hybridized carbons (Fsp3) is 0.368. The fourth-order valence-corrected chi connectivity index (χ4v) is 2.31. The maximum absolute atomic E-state index is 13.6. The number of amides is 1. The number of halogens is 1. The highest BCUT2D eigenvalue weighted by Gasteiger charge is 2.16. The molecule has 1 amide bonds. The number of nitrogens with zero attached hydrogens (tertiary/aromatic N) is 3. The monoisotopic (exact) mass is 375 g/mol. The highest BCUT2D eigenvalue weighted by Crippen LogP contribution is 2.09. The van der Waals surface area contributed by atoms with Crippen LogP contribution >= 0.6 is 0 Å². The Balaban J connectivity index is 1.93. The van der Waals surface area contributed by atoms with Crippen molar-refractivity contribution in [3.05, 3.63) is 63.8 Å². The first-order valence-corrected chi connectivity index (χ1v) is 8.65. The molecule has 1 aromatic carbocycles. The van der Waals surface area contributed by atoms with Crippen molar-refractivity contribution in [3.63, 3.8) is 0 Å². The zero-order chi connectivity index (χ0) is 19.8. The molecule has 0 aliphatic heterocycles. The maximum atomic E-state index is 13.6. The molecular weight excluding hydrogens is 353 g/mol. The van der Waals surface area contributed by atoms with Gasteiger partial charge in [0.05, 0.1) is 0 Å². The van der Waals surface area contributed by atoms with E-state index < -0.39 is 24.3 Å². The van der Waals surface area contributed by atoms with Crippen LogP contribution in [0.1, 0.15) is 35.8 Å². The molecule has 1 aromatic heterocycles. The van der Waals surface area contributed by atoms with E-state index in [0.29, 0.717) is 12.1 Å². The number of hydrogen-bond donors (Lipinski definition) is 0. The van der Waals surface area contributed by atoms with Crippen LogP contribution in [0.25, 0.3) is 0 Å². The summed E-state index contributed by atoms with van der Waals surface area (Å²) in [4.78, 5) is 37.2. The summed E-state index contributed by atoms with van der Waals surface area (Å²) in [6.07, 6.45) is 1.64. The van der Waals surface area contributed by atoms with Gasteiger partial charge in [0.25, 0.3) is 11.5 Å². The molecule has 1 heterocycles. The molecule has 2 rings (SSSR count). The van der Waals surface area contributed by atoms with E-state index in [0.717, 1.165) is 12.8 Å². The summed E-state index contributed by atoms with van der Waals surface area (Å²) in [6.45, 7) is 1.94. The van der Waals surface area contributed by atoms with E-state index in [1.54, 1.807) is 18.2 Å². The van der Waals surface area contributed by atoms with Crippen LogP contribution in [0.15, 0.2) is 41.2 Å². The Kier molecular flexibility index (Phi) is 7.22. The number of unbranched alkanes of at least 4 members (excludes halogenated alkanes) is 1. The molecule has 0 saturated heterocycles. The summed E-state index contributed by atoms with van der Waals surface area (Å²) >= 11 is 0. The van der Waals surface area contributed by atoms with Crippen LogP contribution in [0.4, 0.5) is 4.39 Å². The first-order valence-electron chi connectivity index (χ1n) is 8.65. The van der Waals surface area contributed by atoms with Crippen molar-refractivity contribution in [1.29, 1.82) is 0 Å². The molecular formula is C19H22FN3O4. The average molecular weight is 375 g/mol. The zero-order valence-corrected chi connectivity index (χ0v) is 15.4. The number of ether oxygens (including phenoxy) is 1. The molecule has 0 N–H and O–H groups in total. The number of aryl methyl sites for hydroxylation is 1. The van der Waals surface area contributed by atoms with E-state index in [9.17, 15) is 18.8 Å². The third-order valence-corrected chi connectivity index (χ3v) is 3.92. The van der Waals surface area contributed by atoms with Crippen molar-refractivity contribution in [2.24, 2.45) is 0 Å². The minimum absolute atomic E-state index is 0.0461. The summed E-state index contributed by atoms with van der Waals surface area (Å²) < 4.78 is 19.8. The van der Waals surface area contributed by atoms with Gasteiger partial charge in [0.15, 0.2) is 12.3 Å². The summed E-state index contributed by atoms with van der Waals surface area (Å²) in [6, 6.07) is 8.64. The molecule has 0 aliphatic rings. The van der Waals surface area contributed by atoms with Crippen LogP contribution in [0.2, 0.25) is 0 Å². The number of esters is 1. The van der Waals surface area contributed by atoms with Crippen LogP contribution in [0, 0.1) is 5.82 Å². The molecule has 0 bridgehead atoms. The van der Waals surface area contributed by atoms with Crippen molar-refractivity contribution >= 4 is 11.9 Å². The fourth-order valence-electron chi connectivity index (χ4n) is 2.31. The van der Waals surface area contributed by atoms with Gasteiger partial charge in [0, 0.05) is 31.8 Å². The topological polar surface area (TPSA) is 81.5 Å². The lowest BCUT2D eigenvalue weighted by Crippen LogP contribution is -2.31. The first kappa shape index (κ1) is 20.3. The van der Waals surface area contributed by atoms with Crippen molar-refractivity contribution in [3.8, 4) is 0 Å². The number of carbonyl (C=O) groups excluding carboxylic acids is 2. The molecule has 0 unspecified atom stereocenters. The average Bonchev–Trinajstić information content (AvgIpc) is 2.66. The van der Waals surface area contributed by atoms with Gasteiger partial charge in [0.2, 0.25) is 0 Å². The Morgan fingerprint density at radius 2 is 1.96 bits per heavy atom. The summed E-state index contributed by atoms with van der Waals surface area (Å²) in [5, 5.41) is 3.97. The zero-order valence-electron chi connectivity index (χ0n) is 15.4. The lowest BCUT2D eigenvalue weighted by atomic mass is 10.2. The quantitative estimate of drug-likeness (QED) is 0.659. The van der Waals surface area contributed by atoms with Crippen molar-refractivity contribution in [2.75, 3.05) is 13.7 Å². The molecule has 0 atom stereocenters. The summed E-state index contributed by atoms with van der Waals surface area (Å²) in [5.41, 5.74) is 0.0142. The summed E-state index contributed by atoms with van der Waals surface area (Å²) in [7, 11) is 1.49. The smallest absolute Gasteiger partial charge is 0.359 e. The molecule has 0 fully saturated rings. The van der Waals surface area contributed by atoms with Gasteiger partial charge in [-0.1, -0.05) is 31.5 Å². The van der Waals surface area contributed by atoms with Crippen LogP contribution in [-0.2, 0) is 22.6 Å². The normalized spacial score (nSPS) is 10.5. The molecule has 27 heavy (non-hydrogen) atoms. The Bertz CT molecular complexity index is 866. The number of carbonyl (C=O) groups is 2. The van der Waals surface area contributed by atoms with Crippen LogP contribution in [-0.4, -0.2) is 40.2 Å². The molecule has 0 spiro atoms. The Hall–Kier alpha value is -3.03. The van der Waals surface area contributed by atoms with Gasteiger partial charge < -0.3 is 9.64 Å². The van der Waals surface area contributed by atoms with Crippen molar-refractivity contribution in [2.45, 2.75) is 32.9 Å². The van der Waals surface area contributed by atoms with Crippen molar-refractivity contribution < 1.29 is 18.7 Å². The lowest BCUT2D eigenvalue weighted by molar-refractivity contribution is -0.133. The van der Waals surface area contributed by atoms with Gasteiger partial charge in [-0.2, -0.15) is 5.10 Å². The molecule has 7 nitrogen and oxygen atoms in total. The second-order valence-electron chi connectivity index (χ2n) is 6.05. The first-order chi connectivity index (χ1) is 12.9. The van der Waals surface area contributed by atoms with Crippen LogP contribution in [0.5, 0.6) is 0 Å². The Morgan fingerprint density at radius 3 is 2.67 bits per heavy atom. The van der Waals surface area contributed by atoms with Gasteiger partial charge >= 0.3 is 5.97 Å². The van der Waals surface area contributed by atoms with Crippen LogP contribution in [0.3, 0.4) is 0 Å². The summed E-state index contributed by atoms with van der Waals surface area (Å²) in [5.74, 6) is -1.69. The van der Waals surface area contributed by atoms with Crippen molar-refractivity contribution in [1.82, 2.24) is 14.7 Å². The molecule has 2 aromatic rings. The van der Waals surface area contributed by atoms with E-state index in [2.05, 4.69) is 5.10 Å². The minimum Gasteiger partial charge on any atom is -0.451 e. The number of benzene rings is 1. The standard InChI is InChI=1S/C19H22FN3O4/c1-3-4-11-23-17(24)10-9-16(21-23)19(26)27-13-18(25)22(2)12-14-7-5-6-8-15(14)20/h5-10H,3-4,11-13H2,1-2H3. The van der Waals surface area contributed by atoms with Gasteiger partial charge in [-0.3, -0.25) is 9.59 Å². The SMILES string of the molecule is CCCCn1nc(C(=O)OCC(=O)N(C)Cc2ccccc2F)ccc1=O. The highest BCUT2D eigenvalue weighted by atomic mass is 19.1. The number of hydrogen-bond acceptors (Lipinski definition) is 5. The van der Waals surface area contributed by atoms with Gasteiger partial charge in [-0.05, 0) is 18.6 Å². The second kappa shape index (κ2) is 9.61. The van der Waals surface area contributed by atoms with E-state index in [1.165, 1.54) is 34.8 Å².